The highest BCUT2D eigenvalue weighted by atomic mass is 16.5. The van der Waals surface area contributed by atoms with Crippen LogP contribution in [-0.2, 0) is 5.79 Å². The molecule has 0 saturated heterocycles. The number of ether oxygens (including phenoxy) is 1. The molecule has 1 aliphatic rings. The molecule has 4 heteroatoms. The van der Waals surface area contributed by atoms with Gasteiger partial charge in [-0.3, -0.25) is 4.90 Å². The van der Waals surface area contributed by atoms with Gasteiger partial charge in [-0.25, -0.2) is 9.98 Å². The van der Waals surface area contributed by atoms with Gasteiger partial charge in [0.05, 0.1) is 17.8 Å². The van der Waals surface area contributed by atoms with E-state index in [1.54, 1.807) is 7.11 Å². The summed E-state index contributed by atoms with van der Waals surface area (Å²) >= 11 is 0. The van der Waals surface area contributed by atoms with Gasteiger partial charge in [0.15, 0.2) is 0 Å². The number of methoxy groups -OCH3 is 1. The fraction of sp³-hybridized carbons (Fsp3) is 0.231. The zero-order valence-corrected chi connectivity index (χ0v) is 17.6. The van der Waals surface area contributed by atoms with E-state index in [-0.39, 0.29) is 0 Å². The van der Waals surface area contributed by atoms with Crippen LogP contribution in [0.1, 0.15) is 19.4 Å². The Balaban J connectivity index is 1.92. The van der Waals surface area contributed by atoms with Crippen LogP contribution in [-0.4, -0.2) is 25.1 Å². The molecule has 1 heterocycles. The lowest BCUT2D eigenvalue weighted by molar-refractivity contribution is 0.113. The summed E-state index contributed by atoms with van der Waals surface area (Å²) in [5, 5.41) is 6.70. The Bertz CT molecular complexity index is 1280. The Morgan fingerprint density at radius 1 is 0.700 bits per heavy atom. The maximum Gasteiger partial charge on any atom is 0.235 e. The van der Waals surface area contributed by atoms with Gasteiger partial charge in [0.2, 0.25) is 5.79 Å². The first-order valence-electron chi connectivity index (χ1n) is 10.5. The van der Waals surface area contributed by atoms with E-state index in [9.17, 15) is 0 Å². The van der Waals surface area contributed by atoms with Gasteiger partial charge in [-0.1, -0.05) is 62.4 Å². The predicted octanol–water partition coefficient (Wildman–Crippen LogP) is 4.41. The van der Waals surface area contributed by atoms with Gasteiger partial charge in [0.25, 0.3) is 0 Å². The van der Waals surface area contributed by atoms with Crippen molar-refractivity contribution in [3.8, 4) is 5.75 Å². The van der Waals surface area contributed by atoms with E-state index < -0.39 is 5.79 Å². The molecule has 0 spiro atoms. The molecule has 0 aliphatic carbocycles. The maximum absolute atomic E-state index is 5.38. The van der Waals surface area contributed by atoms with Crippen LogP contribution in [0.15, 0.2) is 82.8 Å². The van der Waals surface area contributed by atoms with Gasteiger partial charge in [-0.2, -0.15) is 0 Å². The summed E-state index contributed by atoms with van der Waals surface area (Å²) in [6.07, 6.45) is 0. The Labute approximate surface area is 176 Å². The quantitative estimate of drug-likeness (QED) is 0.470. The summed E-state index contributed by atoms with van der Waals surface area (Å²) in [5.41, 5.74) is 1.05. The van der Waals surface area contributed by atoms with Crippen LogP contribution in [0.25, 0.3) is 21.5 Å². The monoisotopic (exact) mass is 395 g/mol. The fourth-order valence-electron chi connectivity index (χ4n) is 4.60. The van der Waals surface area contributed by atoms with Crippen molar-refractivity contribution in [2.24, 2.45) is 9.98 Å². The highest BCUT2D eigenvalue weighted by Gasteiger charge is 2.39. The molecular formula is C26H25N3O. The molecule has 0 radical (unpaired) electrons. The van der Waals surface area contributed by atoms with Crippen molar-refractivity contribution < 1.29 is 4.74 Å². The van der Waals surface area contributed by atoms with E-state index in [1.165, 1.54) is 10.8 Å². The van der Waals surface area contributed by atoms with Gasteiger partial charge in [-0.15, -0.1) is 0 Å². The lowest BCUT2D eigenvalue weighted by Crippen LogP contribution is -2.43. The smallest absolute Gasteiger partial charge is 0.235 e. The Hall–Kier alpha value is -3.24. The number of fused-ring (bicyclic) bond motifs is 6. The third kappa shape index (κ3) is 2.64. The third-order valence-electron chi connectivity index (χ3n) is 6.10. The first-order valence-corrected chi connectivity index (χ1v) is 10.5. The van der Waals surface area contributed by atoms with Crippen LogP contribution in [0.3, 0.4) is 0 Å². The minimum Gasteiger partial charge on any atom is -0.497 e. The van der Waals surface area contributed by atoms with Crippen LogP contribution in [0.4, 0.5) is 0 Å². The highest BCUT2D eigenvalue weighted by Crippen LogP contribution is 2.35. The summed E-state index contributed by atoms with van der Waals surface area (Å²) in [4.78, 5) is 13.0. The van der Waals surface area contributed by atoms with Crippen LogP contribution >= 0.6 is 0 Å². The van der Waals surface area contributed by atoms with E-state index >= 15 is 0 Å². The van der Waals surface area contributed by atoms with Gasteiger partial charge in [0, 0.05) is 16.3 Å². The molecule has 4 aromatic carbocycles. The second-order valence-electron chi connectivity index (χ2n) is 7.55. The van der Waals surface area contributed by atoms with Crippen molar-refractivity contribution in [3.05, 3.63) is 89.1 Å². The van der Waals surface area contributed by atoms with E-state index in [1.807, 2.05) is 12.1 Å². The average Bonchev–Trinajstić information content (AvgIpc) is 3.22. The standard InChI is InChI=1S/C26H25N3O/c1-4-29(5-2)26(18-14-16-19(30-3)17-15-18)27-24-22-12-8-6-10-20(22)21-11-7-9-13-23(21)25(24)28-26/h6-17H,4-5H2,1-3H3. The summed E-state index contributed by atoms with van der Waals surface area (Å²) in [5.74, 6) is 0.0604. The van der Waals surface area contributed by atoms with Crippen molar-refractivity contribution in [2.75, 3.05) is 20.2 Å². The third-order valence-corrected chi connectivity index (χ3v) is 6.10. The molecule has 30 heavy (non-hydrogen) atoms. The molecule has 5 rings (SSSR count). The maximum atomic E-state index is 5.38. The zero-order valence-electron chi connectivity index (χ0n) is 17.6. The van der Waals surface area contributed by atoms with Crippen LogP contribution in [0, 0.1) is 0 Å². The Morgan fingerprint density at radius 3 is 1.60 bits per heavy atom. The van der Waals surface area contributed by atoms with E-state index in [4.69, 9.17) is 14.7 Å². The van der Waals surface area contributed by atoms with Crippen molar-refractivity contribution in [2.45, 2.75) is 19.6 Å². The molecule has 0 unspecified atom stereocenters. The van der Waals surface area contributed by atoms with E-state index in [2.05, 4.69) is 79.4 Å². The molecule has 0 atom stereocenters. The average molecular weight is 396 g/mol. The van der Waals surface area contributed by atoms with Crippen LogP contribution in [0.2, 0.25) is 0 Å². The largest absolute Gasteiger partial charge is 0.497 e. The number of nitrogens with zero attached hydrogens (tertiary/aromatic N) is 3. The molecule has 0 amide bonds. The number of benzene rings is 4. The van der Waals surface area contributed by atoms with Crippen molar-refractivity contribution in [1.29, 1.82) is 0 Å². The van der Waals surface area contributed by atoms with Gasteiger partial charge in [-0.05, 0) is 48.1 Å². The molecule has 4 aromatic rings. The van der Waals surface area contributed by atoms with E-state index in [0.717, 1.165) is 45.9 Å². The van der Waals surface area contributed by atoms with Crippen LogP contribution in [0.5, 0.6) is 5.75 Å². The van der Waals surface area contributed by atoms with Crippen LogP contribution < -0.4 is 15.5 Å². The molecule has 1 aliphatic heterocycles. The van der Waals surface area contributed by atoms with Gasteiger partial charge < -0.3 is 4.74 Å². The Kier molecular flexibility index (Phi) is 4.52. The molecule has 4 nitrogen and oxygen atoms in total. The lowest BCUT2D eigenvalue weighted by Gasteiger charge is -2.35. The van der Waals surface area contributed by atoms with Crippen molar-refractivity contribution in [3.63, 3.8) is 0 Å². The van der Waals surface area contributed by atoms with E-state index in [0.29, 0.717) is 0 Å². The highest BCUT2D eigenvalue weighted by molar-refractivity contribution is 6.07. The predicted molar refractivity (Wildman–Crippen MR) is 121 cm³/mol. The molecular weight excluding hydrogens is 370 g/mol. The van der Waals surface area contributed by atoms with Gasteiger partial charge >= 0.3 is 0 Å². The summed E-state index contributed by atoms with van der Waals surface area (Å²) in [7, 11) is 1.69. The summed E-state index contributed by atoms with van der Waals surface area (Å²) in [6, 6.07) is 25.2. The second kappa shape index (κ2) is 7.22. The minimum atomic E-state index is -0.773. The normalized spacial score (nSPS) is 14.5. The molecule has 0 fully saturated rings. The molecule has 150 valence electrons. The lowest BCUT2D eigenvalue weighted by atomic mass is 10.0. The summed E-state index contributed by atoms with van der Waals surface area (Å²) in [6.45, 7) is 6.02. The number of hydrogen-bond donors (Lipinski definition) is 0. The Morgan fingerprint density at radius 2 is 1.17 bits per heavy atom. The summed E-state index contributed by atoms with van der Waals surface area (Å²) < 4.78 is 5.38. The number of hydrogen-bond acceptors (Lipinski definition) is 4. The number of rotatable bonds is 5. The van der Waals surface area contributed by atoms with Gasteiger partial charge in [0.1, 0.15) is 5.75 Å². The molecule has 0 saturated carbocycles. The molecule has 0 bridgehead atoms. The van der Waals surface area contributed by atoms with Crippen molar-refractivity contribution in [1.82, 2.24) is 4.90 Å². The fourth-order valence-corrected chi connectivity index (χ4v) is 4.60. The SMILES string of the molecule is CCN(CC)C1(c2ccc(OC)cc2)N=c2c(c3ccccc3c3ccccc23)=N1. The topological polar surface area (TPSA) is 37.2 Å². The first-order chi connectivity index (χ1) is 14.7. The van der Waals surface area contributed by atoms with Crippen molar-refractivity contribution >= 4 is 21.5 Å². The molecule has 0 N–H and O–H groups in total. The zero-order chi connectivity index (χ0) is 20.7. The minimum absolute atomic E-state index is 0.773. The molecule has 0 aromatic heterocycles. The second-order valence-corrected chi connectivity index (χ2v) is 7.55. The first kappa shape index (κ1) is 18.8.